The molecule has 0 fully saturated rings. The fraction of sp³-hybridized carbons (Fsp3) is 0.188. The van der Waals surface area contributed by atoms with E-state index in [1.165, 1.54) is 7.11 Å². The van der Waals surface area contributed by atoms with Gasteiger partial charge in [-0.2, -0.15) is 0 Å². The number of methoxy groups -OCH3 is 1. The Morgan fingerprint density at radius 2 is 2.11 bits per heavy atom. The Kier molecular flexibility index (Phi) is 6.16. The summed E-state index contributed by atoms with van der Waals surface area (Å²) in [6.45, 7) is 3.97. The molecule has 0 aliphatic heterocycles. The molecular weight excluding hydrogens is 240 g/mol. The van der Waals surface area contributed by atoms with Gasteiger partial charge in [-0.15, -0.1) is 0 Å². The van der Waals surface area contributed by atoms with Gasteiger partial charge in [0.2, 0.25) is 0 Å². The van der Waals surface area contributed by atoms with Crippen LogP contribution in [0.3, 0.4) is 0 Å². The summed E-state index contributed by atoms with van der Waals surface area (Å²) in [4.78, 5) is 11.3. The van der Waals surface area contributed by atoms with Crippen molar-refractivity contribution in [2.24, 2.45) is 0 Å². The Morgan fingerprint density at radius 1 is 1.32 bits per heavy atom. The maximum Gasteiger partial charge on any atom is 0.337 e. The second-order valence-electron chi connectivity index (χ2n) is 3.88. The first-order valence-electron chi connectivity index (χ1n) is 5.98. The molecule has 0 saturated carbocycles. The Bertz CT molecular complexity index is 510. The molecule has 3 nitrogen and oxygen atoms in total. The monoisotopic (exact) mass is 258 g/mol. The molecular formula is C16H18O3. The van der Waals surface area contributed by atoms with Gasteiger partial charge < -0.3 is 9.47 Å². The molecule has 0 unspecified atom stereocenters. The Hall–Kier alpha value is -2.29. The smallest absolute Gasteiger partial charge is 0.337 e. The van der Waals surface area contributed by atoms with Crippen LogP contribution in [-0.2, 0) is 4.74 Å². The van der Waals surface area contributed by atoms with Gasteiger partial charge in [0.25, 0.3) is 0 Å². The van der Waals surface area contributed by atoms with E-state index in [9.17, 15) is 4.79 Å². The topological polar surface area (TPSA) is 35.5 Å². The number of rotatable bonds is 5. The van der Waals surface area contributed by atoms with Gasteiger partial charge in [0.1, 0.15) is 5.75 Å². The van der Waals surface area contributed by atoms with Crippen LogP contribution in [0.1, 0.15) is 24.2 Å². The number of esters is 1. The first-order valence-corrected chi connectivity index (χ1v) is 5.98. The fourth-order valence-corrected chi connectivity index (χ4v) is 1.44. The molecule has 0 bridgehead atoms. The number of ether oxygens (including phenoxy) is 2. The summed E-state index contributed by atoms with van der Waals surface area (Å²) < 4.78 is 10.1. The molecule has 0 amide bonds. The lowest BCUT2D eigenvalue weighted by Gasteiger charge is -2.02. The van der Waals surface area contributed by atoms with Crippen molar-refractivity contribution in [3.63, 3.8) is 0 Å². The molecule has 0 atom stereocenters. The molecule has 0 radical (unpaired) electrons. The molecule has 1 rings (SSSR count). The Balaban J connectivity index is 2.66. The van der Waals surface area contributed by atoms with E-state index >= 15 is 0 Å². The molecule has 1 aromatic carbocycles. The maximum absolute atomic E-state index is 11.3. The van der Waals surface area contributed by atoms with Crippen LogP contribution in [0.2, 0.25) is 0 Å². The standard InChI is InChI=1S/C16H18O3/c1-4-7-13(2)8-6-11-19-15-10-5-9-14(12-15)16(17)18-3/h4-12H,1-3H3/b7-4-,11-6+,13-8-. The van der Waals surface area contributed by atoms with E-state index in [1.807, 2.05) is 32.1 Å². The van der Waals surface area contributed by atoms with Crippen LogP contribution in [0.5, 0.6) is 5.75 Å². The second kappa shape index (κ2) is 7.93. The van der Waals surface area contributed by atoms with E-state index in [0.717, 1.165) is 5.57 Å². The first kappa shape index (κ1) is 14.8. The highest BCUT2D eigenvalue weighted by molar-refractivity contribution is 5.89. The zero-order valence-corrected chi connectivity index (χ0v) is 11.4. The first-order chi connectivity index (χ1) is 9.17. The summed E-state index contributed by atoms with van der Waals surface area (Å²) in [7, 11) is 1.35. The molecule has 0 heterocycles. The zero-order valence-electron chi connectivity index (χ0n) is 11.4. The number of hydrogen-bond donors (Lipinski definition) is 0. The van der Waals surface area contributed by atoms with Crippen LogP contribution in [0.15, 0.2) is 60.4 Å². The van der Waals surface area contributed by atoms with Crippen LogP contribution >= 0.6 is 0 Å². The van der Waals surface area contributed by atoms with Gasteiger partial charge in [0.15, 0.2) is 0 Å². The van der Waals surface area contributed by atoms with E-state index in [-0.39, 0.29) is 5.97 Å². The minimum atomic E-state index is -0.377. The van der Waals surface area contributed by atoms with E-state index in [1.54, 1.807) is 36.6 Å². The second-order valence-corrected chi connectivity index (χ2v) is 3.88. The lowest BCUT2D eigenvalue weighted by atomic mass is 10.2. The average molecular weight is 258 g/mol. The SMILES string of the molecule is C\C=C/C(C)=C\C=C\Oc1cccc(C(=O)OC)c1. The summed E-state index contributed by atoms with van der Waals surface area (Å²) in [5.74, 6) is 0.217. The van der Waals surface area contributed by atoms with E-state index < -0.39 is 0 Å². The molecule has 1 aromatic rings. The minimum Gasteiger partial charge on any atom is -0.465 e. The van der Waals surface area contributed by atoms with Gasteiger partial charge in [-0.1, -0.05) is 29.9 Å². The van der Waals surface area contributed by atoms with Crippen molar-refractivity contribution < 1.29 is 14.3 Å². The third-order valence-corrected chi connectivity index (χ3v) is 2.33. The summed E-state index contributed by atoms with van der Waals surface area (Å²) in [5, 5.41) is 0. The highest BCUT2D eigenvalue weighted by atomic mass is 16.5. The van der Waals surface area contributed by atoms with Gasteiger partial charge in [-0.25, -0.2) is 4.79 Å². The molecule has 0 spiro atoms. The van der Waals surface area contributed by atoms with Crippen molar-refractivity contribution in [2.45, 2.75) is 13.8 Å². The Labute approximate surface area is 113 Å². The summed E-state index contributed by atoms with van der Waals surface area (Å²) in [6.07, 6.45) is 9.29. The number of carbonyl (C=O) groups is 1. The van der Waals surface area contributed by atoms with Gasteiger partial charge in [0.05, 0.1) is 18.9 Å². The molecule has 100 valence electrons. The fourth-order valence-electron chi connectivity index (χ4n) is 1.44. The number of carbonyl (C=O) groups excluding carboxylic acids is 1. The third-order valence-electron chi connectivity index (χ3n) is 2.33. The summed E-state index contributed by atoms with van der Waals surface area (Å²) in [5.41, 5.74) is 1.60. The Morgan fingerprint density at radius 3 is 2.79 bits per heavy atom. The van der Waals surface area contributed by atoms with Crippen molar-refractivity contribution in [1.82, 2.24) is 0 Å². The van der Waals surface area contributed by atoms with E-state index in [4.69, 9.17) is 4.74 Å². The predicted octanol–water partition coefficient (Wildman–Crippen LogP) is 3.89. The zero-order chi connectivity index (χ0) is 14.1. The molecule has 0 aromatic heterocycles. The van der Waals surface area contributed by atoms with Crippen molar-refractivity contribution in [2.75, 3.05) is 7.11 Å². The highest BCUT2D eigenvalue weighted by Gasteiger charge is 2.05. The van der Waals surface area contributed by atoms with Crippen LogP contribution in [0.4, 0.5) is 0 Å². The molecule has 0 N–H and O–H groups in total. The maximum atomic E-state index is 11.3. The van der Waals surface area contributed by atoms with Crippen molar-refractivity contribution in [3.8, 4) is 5.75 Å². The number of hydrogen-bond acceptors (Lipinski definition) is 3. The molecule has 3 heteroatoms. The van der Waals surface area contributed by atoms with E-state index in [2.05, 4.69) is 4.74 Å². The van der Waals surface area contributed by atoms with Gasteiger partial charge in [-0.3, -0.25) is 0 Å². The van der Waals surface area contributed by atoms with Crippen molar-refractivity contribution in [3.05, 3.63) is 66.0 Å². The predicted molar refractivity (Wildman–Crippen MR) is 76.1 cm³/mol. The molecule has 0 aliphatic rings. The van der Waals surface area contributed by atoms with Gasteiger partial charge in [0, 0.05) is 0 Å². The summed E-state index contributed by atoms with van der Waals surface area (Å²) in [6, 6.07) is 6.84. The van der Waals surface area contributed by atoms with E-state index in [0.29, 0.717) is 11.3 Å². The lowest BCUT2D eigenvalue weighted by Crippen LogP contribution is -2.00. The molecule has 0 saturated heterocycles. The van der Waals surface area contributed by atoms with Crippen LogP contribution in [0.25, 0.3) is 0 Å². The van der Waals surface area contributed by atoms with Crippen LogP contribution in [-0.4, -0.2) is 13.1 Å². The van der Waals surface area contributed by atoms with Gasteiger partial charge in [-0.05, 0) is 38.1 Å². The molecule has 0 aliphatic carbocycles. The average Bonchev–Trinajstić information content (AvgIpc) is 2.43. The quantitative estimate of drug-likeness (QED) is 0.456. The van der Waals surface area contributed by atoms with Crippen LogP contribution in [0, 0.1) is 0 Å². The normalized spacial score (nSPS) is 12.1. The minimum absolute atomic E-state index is 0.377. The lowest BCUT2D eigenvalue weighted by molar-refractivity contribution is 0.0600. The highest BCUT2D eigenvalue weighted by Crippen LogP contribution is 2.14. The van der Waals surface area contributed by atoms with Crippen LogP contribution < -0.4 is 4.74 Å². The van der Waals surface area contributed by atoms with Gasteiger partial charge >= 0.3 is 5.97 Å². The third kappa shape index (κ3) is 5.25. The molecule has 19 heavy (non-hydrogen) atoms. The van der Waals surface area contributed by atoms with Crippen molar-refractivity contribution >= 4 is 5.97 Å². The summed E-state index contributed by atoms with van der Waals surface area (Å²) >= 11 is 0. The van der Waals surface area contributed by atoms with Crippen molar-refractivity contribution in [1.29, 1.82) is 0 Å². The largest absolute Gasteiger partial charge is 0.465 e. The number of benzene rings is 1. The number of allylic oxidation sites excluding steroid dienone is 5.